The number of hydrogen-bond acceptors (Lipinski definition) is 1. The van der Waals surface area contributed by atoms with Crippen molar-refractivity contribution in [2.45, 2.75) is 38.0 Å². The average molecular weight is 632 g/mol. The van der Waals surface area contributed by atoms with Crippen molar-refractivity contribution in [1.82, 2.24) is 0 Å². The quantitative estimate of drug-likeness (QED) is 0.165. The highest BCUT2D eigenvalue weighted by molar-refractivity contribution is 6.14. The Kier molecular flexibility index (Phi) is 6.93. The lowest BCUT2D eigenvalue weighted by molar-refractivity contribution is -0.00276. The van der Waals surface area contributed by atoms with Gasteiger partial charge in [0.2, 0.25) is 0 Å². The molecule has 238 valence electrons. The Hall–Kier alpha value is -5.14. The predicted octanol–water partition coefficient (Wildman–Crippen LogP) is 13.3. The zero-order chi connectivity index (χ0) is 32.3. The first-order chi connectivity index (χ1) is 24.2. The number of hydrogen-bond donors (Lipinski definition) is 0. The lowest BCUT2D eigenvalue weighted by Crippen LogP contribution is -2.43. The molecule has 7 aromatic carbocycles. The molecular formula is C48H41N. The Morgan fingerprint density at radius 3 is 1.59 bits per heavy atom. The maximum Gasteiger partial charge on any atom is 0.0546 e. The average Bonchev–Trinajstić information content (AvgIpc) is 3.16. The van der Waals surface area contributed by atoms with Crippen LogP contribution in [-0.4, -0.2) is 0 Å². The zero-order valence-electron chi connectivity index (χ0n) is 27.9. The molecule has 0 N–H and O–H groups in total. The smallest absolute Gasteiger partial charge is 0.0546 e. The Bertz CT molecular complexity index is 2250. The summed E-state index contributed by atoms with van der Waals surface area (Å²) in [5, 5.41) is 5.07. The molecule has 0 amide bonds. The number of anilines is 3. The summed E-state index contributed by atoms with van der Waals surface area (Å²) in [6.07, 6.45) is 7.35. The molecule has 4 bridgehead atoms. The van der Waals surface area contributed by atoms with E-state index in [0.717, 1.165) is 41.0 Å². The van der Waals surface area contributed by atoms with Gasteiger partial charge < -0.3 is 4.90 Å². The van der Waals surface area contributed by atoms with Crippen LogP contribution in [0.25, 0.3) is 43.8 Å². The SMILES string of the molecule is c1ccc(-c2ccc(N(c3ccc(-c4cccc(C5C6CC7CC(C6)CC5C7)c4)cc3)c3cc4ccccc4c4ccccc34)cc2)cc1. The van der Waals surface area contributed by atoms with E-state index in [9.17, 15) is 0 Å². The van der Waals surface area contributed by atoms with Gasteiger partial charge in [-0.25, -0.2) is 0 Å². The molecule has 1 nitrogen and oxygen atoms in total. The molecule has 1 heteroatoms. The van der Waals surface area contributed by atoms with Gasteiger partial charge in [0.05, 0.1) is 5.69 Å². The summed E-state index contributed by atoms with van der Waals surface area (Å²) in [5.74, 6) is 4.56. The maximum atomic E-state index is 2.53. The summed E-state index contributed by atoms with van der Waals surface area (Å²) in [4.78, 5) is 2.44. The molecule has 4 aliphatic rings. The number of benzene rings is 7. The van der Waals surface area contributed by atoms with Crippen LogP contribution < -0.4 is 4.90 Å². The van der Waals surface area contributed by atoms with E-state index in [4.69, 9.17) is 0 Å². The van der Waals surface area contributed by atoms with Crippen molar-refractivity contribution in [1.29, 1.82) is 0 Å². The molecule has 0 aromatic heterocycles. The van der Waals surface area contributed by atoms with Gasteiger partial charge in [0.25, 0.3) is 0 Å². The van der Waals surface area contributed by atoms with Crippen LogP contribution in [0.4, 0.5) is 17.1 Å². The molecule has 0 atom stereocenters. The summed E-state index contributed by atoms with van der Waals surface area (Å²) >= 11 is 0. The van der Waals surface area contributed by atoms with Gasteiger partial charge in [-0.3, -0.25) is 0 Å². The molecule has 49 heavy (non-hydrogen) atoms. The highest BCUT2D eigenvalue weighted by atomic mass is 15.1. The normalized spacial score (nSPS) is 22.5. The van der Waals surface area contributed by atoms with E-state index >= 15 is 0 Å². The number of rotatable bonds is 6. The first kappa shape index (κ1) is 28.8. The van der Waals surface area contributed by atoms with Crippen molar-refractivity contribution in [2.24, 2.45) is 23.7 Å². The Morgan fingerprint density at radius 1 is 0.388 bits per heavy atom. The first-order valence-electron chi connectivity index (χ1n) is 18.3. The summed E-state index contributed by atoms with van der Waals surface area (Å²) in [5.41, 5.74) is 10.2. The largest absolute Gasteiger partial charge is 0.310 e. The van der Waals surface area contributed by atoms with E-state index in [0.29, 0.717) is 0 Å². The van der Waals surface area contributed by atoms with Crippen LogP contribution in [-0.2, 0) is 0 Å². The van der Waals surface area contributed by atoms with Crippen molar-refractivity contribution >= 4 is 38.6 Å². The van der Waals surface area contributed by atoms with Crippen LogP contribution in [0.5, 0.6) is 0 Å². The van der Waals surface area contributed by atoms with Gasteiger partial charge in [0, 0.05) is 16.8 Å². The van der Waals surface area contributed by atoms with E-state index < -0.39 is 0 Å². The van der Waals surface area contributed by atoms with Gasteiger partial charge in [-0.1, -0.05) is 127 Å². The summed E-state index contributed by atoms with van der Waals surface area (Å²) in [7, 11) is 0. The molecule has 0 heterocycles. The standard InChI is InChI=1S/C48H41N/c1-2-9-34(10-3-1)35-17-21-42(22-18-35)49(47-31-38-11-4-5-14-44(38)45-15-6-7-16-46(45)47)43-23-19-36(20-24-43)37-12-8-13-39(30-37)48-40-26-32-25-33(28-40)29-41(48)27-32/h1-24,30-33,40-41,48H,25-29H2. The van der Waals surface area contributed by atoms with E-state index in [1.54, 1.807) is 5.56 Å². The third kappa shape index (κ3) is 5.06. The second-order valence-electron chi connectivity index (χ2n) is 15.0. The first-order valence-corrected chi connectivity index (χ1v) is 18.3. The fraction of sp³-hybridized carbons (Fsp3) is 0.208. The minimum Gasteiger partial charge on any atom is -0.310 e. The molecule has 0 radical (unpaired) electrons. The van der Waals surface area contributed by atoms with Crippen LogP contribution >= 0.6 is 0 Å². The van der Waals surface area contributed by atoms with Crippen LogP contribution in [0.3, 0.4) is 0 Å². The summed E-state index contributed by atoms with van der Waals surface area (Å²) in [6.45, 7) is 0. The van der Waals surface area contributed by atoms with Crippen molar-refractivity contribution in [2.75, 3.05) is 4.90 Å². The summed E-state index contributed by atoms with van der Waals surface area (Å²) in [6, 6.07) is 58.6. The lowest BCUT2D eigenvalue weighted by Gasteiger charge is -2.54. The van der Waals surface area contributed by atoms with Crippen LogP contribution in [0.2, 0.25) is 0 Å². The molecule has 0 saturated heterocycles. The monoisotopic (exact) mass is 631 g/mol. The molecule has 0 spiro atoms. The van der Waals surface area contributed by atoms with Gasteiger partial charge in [0.15, 0.2) is 0 Å². The minimum absolute atomic E-state index is 0.752. The van der Waals surface area contributed by atoms with Crippen molar-refractivity contribution in [3.05, 3.63) is 163 Å². The van der Waals surface area contributed by atoms with Gasteiger partial charge in [-0.2, -0.15) is 0 Å². The zero-order valence-corrected chi connectivity index (χ0v) is 27.9. The van der Waals surface area contributed by atoms with Gasteiger partial charge >= 0.3 is 0 Å². The fourth-order valence-electron chi connectivity index (χ4n) is 10.3. The van der Waals surface area contributed by atoms with E-state index in [1.807, 2.05) is 0 Å². The molecule has 7 aromatic rings. The number of fused-ring (bicyclic) bond motifs is 3. The molecule has 4 aliphatic carbocycles. The second kappa shape index (κ2) is 11.8. The van der Waals surface area contributed by atoms with Crippen LogP contribution in [0.1, 0.15) is 43.6 Å². The molecule has 0 aliphatic heterocycles. The van der Waals surface area contributed by atoms with Gasteiger partial charge in [-0.15, -0.1) is 0 Å². The molecule has 4 saturated carbocycles. The fourth-order valence-corrected chi connectivity index (χ4v) is 10.3. The van der Waals surface area contributed by atoms with Crippen molar-refractivity contribution in [3.63, 3.8) is 0 Å². The van der Waals surface area contributed by atoms with Gasteiger partial charge in [0.1, 0.15) is 0 Å². The molecular weight excluding hydrogens is 591 g/mol. The second-order valence-corrected chi connectivity index (χ2v) is 15.0. The highest BCUT2D eigenvalue weighted by Crippen LogP contribution is 2.60. The topological polar surface area (TPSA) is 3.24 Å². The maximum absolute atomic E-state index is 2.53. The Morgan fingerprint density at radius 2 is 0.918 bits per heavy atom. The van der Waals surface area contributed by atoms with E-state index in [2.05, 4.69) is 163 Å². The van der Waals surface area contributed by atoms with Crippen LogP contribution in [0, 0.1) is 23.7 Å². The third-order valence-corrected chi connectivity index (χ3v) is 12.2. The van der Waals surface area contributed by atoms with Crippen LogP contribution in [0.15, 0.2) is 158 Å². The molecule has 0 unspecified atom stereocenters. The number of nitrogens with zero attached hydrogens (tertiary/aromatic N) is 1. The molecule has 11 rings (SSSR count). The summed E-state index contributed by atoms with van der Waals surface area (Å²) < 4.78 is 0. The predicted molar refractivity (Wildman–Crippen MR) is 207 cm³/mol. The lowest BCUT2D eigenvalue weighted by atomic mass is 9.50. The van der Waals surface area contributed by atoms with E-state index in [1.165, 1.54) is 81.6 Å². The van der Waals surface area contributed by atoms with Gasteiger partial charge in [-0.05, 0) is 136 Å². The van der Waals surface area contributed by atoms with Crippen molar-refractivity contribution < 1.29 is 0 Å². The minimum atomic E-state index is 0.752. The Labute approximate surface area is 289 Å². The third-order valence-electron chi connectivity index (χ3n) is 12.2. The highest BCUT2D eigenvalue weighted by Gasteiger charge is 2.48. The van der Waals surface area contributed by atoms with Crippen molar-refractivity contribution in [3.8, 4) is 22.3 Å². The molecule has 4 fully saturated rings. The Balaban J connectivity index is 1.06. The van der Waals surface area contributed by atoms with E-state index in [-0.39, 0.29) is 0 Å².